The van der Waals surface area contributed by atoms with Crippen LogP contribution in [0.2, 0.25) is 0 Å². The second kappa shape index (κ2) is 6.08. The van der Waals surface area contributed by atoms with Crippen LogP contribution in [-0.4, -0.2) is 10.9 Å². The predicted octanol–water partition coefficient (Wildman–Crippen LogP) is 3.39. The van der Waals surface area contributed by atoms with Crippen molar-refractivity contribution in [3.05, 3.63) is 76.1 Å². The normalized spacial score (nSPS) is 10.7. The van der Waals surface area contributed by atoms with E-state index in [9.17, 15) is 9.59 Å². The number of carbonyl (C=O) groups excluding carboxylic acids is 1. The van der Waals surface area contributed by atoms with E-state index in [1.165, 1.54) is 6.92 Å². The summed E-state index contributed by atoms with van der Waals surface area (Å²) in [4.78, 5) is 28.8. The van der Waals surface area contributed by atoms with Gasteiger partial charge in [-0.15, -0.1) is 0 Å². The van der Waals surface area contributed by atoms with Crippen molar-refractivity contribution >= 4 is 22.5 Å². The lowest BCUT2D eigenvalue weighted by molar-refractivity contribution is -0.116. The standard InChI is InChI=1S/C19H18N2O2/c1-13-8-9-18-15(10-13)11-16(19(23)20-18)12-21(14(2)22)17-6-4-3-5-7-17/h3-11H,12H2,1-2H3,(H,20,23). The molecular formula is C19H18N2O2. The third-order valence-electron chi connectivity index (χ3n) is 3.85. The molecule has 0 unspecified atom stereocenters. The number of anilines is 1. The third-order valence-corrected chi connectivity index (χ3v) is 3.85. The molecule has 0 atom stereocenters. The highest BCUT2D eigenvalue weighted by Gasteiger charge is 2.14. The fourth-order valence-corrected chi connectivity index (χ4v) is 2.65. The van der Waals surface area contributed by atoms with Gasteiger partial charge in [-0.25, -0.2) is 0 Å². The summed E-state index contributed by atoms with van der Waals surface area (Å²) in [6, 6.07) is 17.1. The molecule has 0 fully saturated rings. The molecule has 3 rings (SSSR count). The first kappa shape index (κ1) is 15.0. The van der Waals surface area contributed by atoms with E-state index in [4.69, 9.17) is 0 Å². The molecule has 4 nitrogen and oxygen atoms in total. The maximum Gasteiger partial charge on any atom is 0.253 e. The number of fused-ring (bicyclic) bond motifs is 1. The molecule has 0 saturated heterocycles. The molecule has 4 heteroatoms. The number of rotatable bonds is 3. The number of amides is 1. The minimum absolute atomic E-state index is 0.0973. The summed E-state index contributed by atoms with van der Waals surface area (Å²) in [5.41, 5.74) is 3.12. The molecule has 116 valence electrons. The van der Waals surface area contributed by atoms with Crippen LogP contribution in [0.5, 0.6) is 0 Å². The zero-order valence-electron chi connectivity index (χ0n) is 13.2. The minimum atomic E-state index is -0.163. The van der Waals surface area contributed by atoms with Crippen LogP contribution in [0.15, 0.2) is 59.4 Å². The quantitative estimate of drug-likeness (QED) is 0.806. The summed E-state index contributed by atoms with van der Waals surface area (Å²) in [5, 5.41) is 0.969. The number of pyridine rings is 1. The molecule has 0 spiro atoms. The molecule has 1 N–H and O–H groups in total. The Hall–Kier alpha value is -2.88. The van der Waals surface area contributed by atoms with Crippen molar-refractivity contribution in [1.82, 2.24) is 4.98 Å². The van der Waals surface area contributed by atoms with Gasteiger partial charge in [0.1, 0.15) is 0 Å². The van der Waals surface area contributed by atoms with Crippen LogP contribution in [0.3, 0.4) is 0 Å². The first-order valence-electron chi connectivity index (χ1n) is 7.50. The summed E-state index contributed by atoms with van der Waals surface area (Å²) in [6.45, 7) is 3.76. The molecule has 0 aliphatic rings. The smallest absolute Gasteiger partial charge is 0.253 e. The van der Waals surface area contributed by atoms with Crippen LogP contribution in [0, 0.1) is 6.92 Å². The molecule has 0 bridgehead atoms. The maximum absolute atomic E-state index is 12.3. The van der Waals surface area contributed by atoms with Crippen molar-refractivity contribution < 1.29 is 4.79 Å². The van der Waals surface area contributed by atoms with Gasteiger partial charge < -0.3 is 9.88 Å². The second-order valence-electron chi connectivity index (χ2n) is 5.66. The van der Waals surface area contributed by atoms with Crippen LogP contribution < -0.4 is 10.5 Å². The summed E-state index contributed by atoms with van der Waals surface area (Å²) < 4.78 is 0. The zero-order valence-corrected chi connectivity index (χ0v) is 13.2. The van der Waals surface area contributed by atoms with Crippen molar-refractivity contribution in [1.29, 1.82) is 0 Å². The fourth-order valence-electron chi connectivity index (χ4n) is 2.65. The Morgan fingerprint density at radius 2 is 1.83 bits per heavy atom. The van der Waals surface area contributed by atoms with E-state index in [1.807, 2.05) is 61.5 Å². The predicted molar refractivity (Wildman–Crippen MR) is 92.6 cm³/mol. The average molecular weight is 306 g/mol. The van der Waals surface area contributed by atoms with Gasteiger partial charge in [-0.3, -0.25) is 9.59 Å². The highest BCUT2D eigenvalue weighted by molar-refractivity contribution is 5.91. The van der Waals surface area contributed by atoms with Gasteiger partial charge in [-0.1, -0.05) is 29.8 Å². The van der Waals surface area contributed by atoms with Crippen LogP contribution in [0.25, 0.3) is 10.9 Å². The van der Waals surface area contributed by atoms with Gasteiger partial charge in [0.25, 0.3) is 5.56 Å². The Kier molecular flexibility index (Phi) is 3.98. The molecule has 0 saturated carbocycles. The minimum Gasteiger partial charge on any atom is -0.322 e. The molecule has 0 radical (unpaired) electrons. The lowest BCUT2D eigenvalue weighted by Crippen LogP contribution is -2.30. The largest absolute Gasteiger partial charge is 0.322 e. The Morgan fingerprint density at radius 3 is 2.52 bits per heavy atom. The molecule has 23 heavy (non-hydrogen) atoms. The Labute approximate surface area is 134 Å². The van der Waals surface area contributed by atoms with Gasteiger partial charge in [0.05, 0.1) is 6.54 Å². The Bertz CT molecular complexity index is 914. The van der Waals surface area contributed by atoms with Gasteiger partial charge in [0.2, 0.25) is 5.91 Å². The molecular weight excluding hydrogens is 288 g/mol. The van der Waals surface area contributed by atoms with Crippen molar-refractivity contribution in [3.63, 3.8) is 0 Å². The Morgan fingerprint density at radius 1 is 1.09 bits per heavy atom. The zero-order chi connectivity index (χ0) is 16.4. The fraction of sp³-hybridized carbons (Fsp3) is 0.158. The molecule has 2 aromatic carbocycles. The number of benzene rings is 2. The third kappa shape index (κ3) is 3.16. The lowest BCUT2D eigenvalue weighted by Gasteiger charge is -2.21. The van der Waals surface area contributed by atoms with Gasteiger partial charge >= 0.3 is 0 Å². The van der Waals surface area contributed by atoms with Crippen molar-refractivity contribution in [2.24, 2.45) is 0 Å². The number of nitrogens with zero attached hydrogens (tertiary/aromatic N) is 1. The first-order valence-corrected chi connectivity index (χ1v) is 7.50. The number of hydrogen-bond acceptors (Lipinski definition) is 2. The molecule has 1 aromatic heterocycles. The number of aromatic amines is 1. The van der Waals surface area contributed by atoms with Crippen molar-refractivity contribution in [2.75, 3.05) is 4.90 Å². The topological polar surface area (TPSA) is 53.2 Å². The number of carbonyl (C=O) groups is 1. The first-order chi connectivity index (χ1) is 11.0. The summed E-state index contributed by atoms with van der Waals surface area (Å²) in [6.07, 6.45) is 0. The number of aryl methyl sites for hydroxylation is 1. The van der Waals surface area contributed by atoms with Gasteiger partial charge in [0, 0.05) is 23.7 Å². The average Bonchev–Trinajstić information content (AvgIpc) is 2.53. The molecule has 3 aromatic rings. The van der Waals surface area contributed by atoms with Crippen molar-refractivity contribution in [2.45, 2.75) is 20.4 Å². The summed E-state index contributed by atoms with van der Waals surface area (Å²) >= 11 is 0. The molecule has 0 aliphatic heterocycles. The number of nitrogens with one attached hydrogen (secondary N) is 1. The highest BCUT2D eigenvalue weighted by atomic mass is 16.2. The van der Waals surface area contributed by atoms with E-state index >= 15 is 0 Å². The van der Waals surface area contributed by atoms with Crippen LogP contribution in [0.1, 0.15) is 18.1 Å². The SMILES string of the molecule is CC(=O)N(Cc1cc2cc(C)ccc2[nH]c1=O)c1ccccc1. The van der Waals surface area contributed by atoms with E-state index in [1.54, 1.807) is 4.90 Å². The van der Waals surface area contributed by atoms with E-state index < -0.39 is 0 Å². The van der Waals surface area contributed by atoms with Gasteiger partial charge in [0.15, 0.2) is 0 Å². The van der Waals surface area contributed by atoms with E-state index in [0.29, 0.717) is 5.56 Å². The second-order valence-corrected chi connectivity index (χ2v) is 5.66. The monoisotopic (exact) mass is 306 g/mol. The van der Waals surface area contributed by atoms with Crippen molar-refractivity contribution in [3.8, 4) is 0 Å². The van der Waals surface area contributed by atoms with E-state index in [2.05, 4.69) is 4.98 Å². The summed E-state index contributed by atoms with van der Waals surface area (Å²) in [7, 11) is 0. The molecule has 1 amide bonds. The van der Waals surface area contributed by atoms with Crippen LogP contribution in [0.4, 0.5) is 5.69 Å². The van der Waals surface area contributed by atoms with E-state index in [0.717, 1.165) is 22.2 Å². The molecule has 0 aliphatic carbocycles. The van der Waals surface area contributed by atoms with Crippen LogP contribution >= 0.6 is 0 Å². The van der Waals surface area contributed by atoms with Gasteiger partial charge in [-0.2, -0.15) is 0 Å². The Balaban J connectivity index is 2.03. The summed E-state index contributed by atoms with van der Waals surface area (Å²) in [5.74, 6) is -0.0973. The number of para-hydroxylation sites is 1. The van der Waals surface area contributed by atoms with E-state index in [-0.39, 0.29) is 18.0 Å². The number of H-pyrrole nitrogens is 1. The number of aromatic nitrogens is 1. The maximum atomic E-state index is 12.3. The van der Waals surface area contributed by atoms with Crippen LogP contribution in [-0.2, 0) is 11.3 Å². The number of hydrogen-bond donors (Lipinski definition) is 1. The lowest BCUT2D eigenvalue weighted by atomic mass is 10.1. The van der Waals surface area contributed by atoms with Gasteiger partial charge in [-0.05, 0) is 42.6 Å². The molecule has 1 heterocycles. The highest BCUT2D eigenvalue weighted by Crippen LogP contribution is 2.18.